The van der Waals surface area contributed by atoms with Crippen LogP contribution in [0.25, 0.3) is 11.1 Å². The topological polar surface area (TPSA) is 81.7 Å². The van der Waals surface area contributed by atoms with E-state index in [1.54, 1.807) is 30.3 Å². The first kappa shape index (κ1) is 22.4. The minimum Gasteiger partial charge on any atom is -0.497 e. The van der Waals surface area contributed by atoms with Crippen LogP contribution in [0.4, 0.5) is 14.5 Å². The lowest BCUT2D eigenvalue weighted by molar-refractivity contribution is -0.113. The third-order valence-corrected chi connectivity index (χ3v) is 7.80. The zero-order valence-electron chi connectivity index (χ0n) is 16.1. The molecule has 1 unspecified atom stereocenters. The molecule has 3 rings (SSSR count). The molecule has 1 aliphatic heterocycles. The van der Waals surface area contributed by atoms with Gasteiger partial charge in [-0.25, -0.2) is 8.42 Å². The maximum atomic E-state index is 12.8. The molecular formula is C20H21F2NO5S2. The van der Waals surface area contributed by atoms with E-state index in [-0.39, 0.29) is 34.2 Å². The molecule has 1 heterocycles. The Morgan fingerprint density at radius 3 is 2.57 bits per heavy atom. The Bertz CT molecular complexity index is 997. The van der Waals surface area contributed by atoms with Gasteiger partial charge in [0, 0.05) is 16.5 Å². The number of benzene rings is 2. The Kier molecular flexibility index (Phi) is 7.19. The third-order valence-electron chi connectivity index (χ3n) is 4.52. The summed E-state index contributed by atoms with van der Waals surface area (Å²) >= 11 is 1.30. The van der Waals surface area contributed by atoms with Crippen molar-refractivity contribution in [3.05, 3.63) is 42.5 Å². The van der Waals surface area contributed by atoms with Crippen LogP contribution < -0.4 is 14.8 Å². The van der Waals surface area contributed by atoms with E-state index in [1.165, 1.54) is 31.0 Å². The number of nitrogens with one attached hydrogen (secondary N) is 1. The van der Waals surface area contributed by atoms with Crippen LogP contribution in [0.2, 0.25) is 0 Å². The van der Waals surface area contributed by atoms with E-state index in [0.717, 1.165) is 0 Å². The minimum atomic E-state index is -2.99. The Morgan fingerprint density at radius 1 is 1.23 bits per heavy atom. The normalized spacial score (nSPS) is 17.7. The molecule has 10 heteroatoms. The van der Waals surface area contributed by atoms with Gasteiger partial charge in [-0.2, -0.15) is 8.78 Å². The number of ether oxygens (including phenoxy) is 2. The Morgan fingerprint density at radius 2 is 1.97 bits per heavy atom. The fourth-order valence-corrected chi connectivity index (χ4v) is 6.53. The SMILES string of the molecule is COc1ccc(-c2cc(NC(=O)CSC3CCS(=O)(=O)C3)ccc2OC(F)F)cc1. The van der Waals surface area contributed by atoms with Gasteiger partial charge in [-0.15, -0.1) is 11.8 Å². The highest BCUT2D eigenvalue weighted by molar-refractivity contribution is 8.02. The van der Waals surface area contributed by atoms with Crippen molar-refractivity contribution in [3.63, 3.8) is 0 Å². The molecule has 0 aliphatic carbocycles. The van der Waals surface area contributed by atoms with E-state index >= 15 is 0 Å². The Hall–Kier alpha value is -2.33. The van der Waals surface area contributed by atoms with Crippen molar-refractivity contribution in [2.24, 2.45) is 0 Å². The molecule has 1 saturated heterocycles. The molecule has 1 aliphatic rings. The number of halogens is 2. The first-order valence-electron chi connectivity index (χ1n) is 9.11. The van der Waals surface area contributed by atoms with Gasteiger partial charge < -0.3 is 14.8 Å². The molecule has 162 valence electrons. The van der Waals surface area contributed by atoms with E-state index in [1.807, 2.05) is 0 Å². The van der Waals surface area contributed by atoms with Crippen molar-refractivity contribution >= 4 is 33.2 Å². The van der Waals surface area contributed by atoms with Crippen LogP contribution in [-0.4, -0.2) is 50.6 Å². The molecule has 30 heavy (non-hydrogen) atoms. The molecule has 1 N–H and O–H groups in total. The highest BCUT2D eigenvalue weighted by atomic mass is 32.2. The predicted octanol–water partition coefficient (Wildman–Crippen LogP) is 3.82. The average molecular weight is 458 g/mol. The van der Waals surface area contributed by atoms with Gasteiger partial charge >= 0.3 is 6.61 Å². The highest BCUT2D eigenvalue weighted by Crippen LogP contribution is 2.35. The van der Waals surface area contributed by atoms with Gasteiger partial charge in [-0.1, -0.05) is 12.1 Å². The van der Waals surface area contributed by atoms with Gasteiger partial charge in [-0.3, -0.25) is 4.79 Å². The van der Waals surface area contributed by atoms with E-state index in [2.05, 4.69) is 10.1 Å². The molecule has 0 bridgehead atoms. The smallest absolute Gasteiger partial charge is 0.387 e. The summed E-state index contributed by atoms with van der Waals surface area (Å²) in [5.41, 5.74) is 1.44. The van der Waals surface area contributed by atoms with Crippen LogP contribution in [0.1, 0.15) is 6.42 Å². The summed E-state index contributed by atoms with van der Waals surface area (Å²) in [6.07, 6.45) is 0.543. The standard InChI is InChI=1S/C20H21F2NO5S2/c1-27-15-5-2-13(3-6-15)17-10-14(4-7-18(17)28-20(21)22)23-19(24)11-29-16-8-9-30(25,26)12-16/h2-7,10,16,20H,8-9,11-12H2,1H3,(H,23,24). The van der Waals surface area contributed by atoms with Crippen LogP contribution in [0.15, 0.2) is 42.5 Å². The fourth-order valence-electron chi connectivity index (χ4n) is 3.09. The summed E-state index contributed by atoms with van der Waals surface area (Å²) < 4.78 is 58.3. The molecule has 2 aromatic carbocycles. The first-order valence-corrected chi connectivity index (χ1v) is 12.0. The van der Waals surface area contributed by atoms with Gasteiger partial charge in [0.25, 0.3) is 0 Å². The molecule has 0 spiro atoms. The molecule has 6 nitrogen and oxygen atoms in total. The zero-order chi connectivity index (χ0) is 21.7. The second-order valence-corrected chi connectivity index (χ2v) is 10.2. The van der Waals surface area contributed by atoms with Gasteiger partial charge in [0.2, 0.25) is 5.91 Å². The Balaban J connectivity index is 1.72. The van der Waals surface area contributed by atoms with Crippen LogP contribution >= 0.6 is 11.8 Å². The summed E-state index contributed by atoms with van der Waals surface area (Å²) in [6.45, 7) is -2.98. The molecule has 2 aromatic rings. The second-order valence-electron chi connectivity index (χ2n) is 6.70. The number of hydrogen-bond acceptors (Lipinski definition) is 6. The van der Waals surface area contributed by atoms with Crippen molar-refractivity contribution in [3.8, 4) is 22.6 Å². The monoisotopic (exact) mass is 457 g/mol. The summed E-state index contributed by atoms with van der Waals surface area (Å²) in [5.74, 6) is 0.652. The van der Waals surface area contributed by atoms with Crippen molar-refractivity contribution in [1.82, 2.24) is 0 Å². The van der Waals surface area contributed by atoms with Crippen LogP contribution in [0.5, 0.6) is 11.5 Å². The number of thioether (sulfide) groups is 1. The number of amides is 1. The molecular weight excluding hydrogens is 436 g/mol. The summed E-state index contributed by atoms with van der Waals surface area (Å²) in [5, 5.41) is 2.64. The highest BCUT2D eigenvalue weighted by Gasteiger charge is 2.28. The van der Waals surface area contributed by atoms with Crippen molar-refractivity contribution in [2.45, 2.75) is 18.3 Å². The Labute approximate surface area is 177 Å². The lowest BCUT2D eigenvalue weighted by Gasteiger charge is -2.14. The number of carbonyl (C=O) groups is 1. The zero-order valence-corrected chi connectivity index (χ0v) is 17.8. The second kappa shape index (κ2) is 9.65. The molecule has 1 fully saturated rings. The van der Waals surface area contributed by atoms with Gasteiger partial charge in [0.05, 0.1) is 24.4 Å². The molecule has 1 amide bonds. The van der Waals surface area contributed by atoms with Crippen molar-refractivity contribution < 1.29 is 31.5 Å². The number of alkyl halides is 2. The van der Waals surface area contributed by atoms with Crippen LogP contribution in [0, 0.1) is 0 Å². The number of hydrogen-bond donors (Lipinski definition) is 1. The minimum absolute atomic E-state index is 0.0151. The van der Waals surface area contributed by atoms with E-state index in [4.69, 9.17) is 4.74 Å². The molecule has 1 atom stereocenters. The number of methoxy groups -OCH3 is 1. The van der Waals surface area contributed by atoms with E-state index in [0.29, 0.717) is 29.0 Å². The third kappa shape index (κ3) is 6.09. The van der Waals surface area contributed by atoms with E-state index in [9.17, 15) is 22.0 Å². The van der Waals surface area contributed by atoms with Crippen LogP contribution in [-0.2, 0) is 14.6 Å². The molecule has 0 radical (unpaired) electrons. The van der Waals surface area contributed by atoms with Gasteiger partial charge in [0.15, 0.2) is 9.84 Å². The summed E-state index contributed by atoms with van der Waals surface area (Å²) in [7, 11) is -1.47. The van der Waals surface area contributed by atoms with Crippen molar-refractivity contribution in [1.29, 1.82) is 0 Å². The maximum absolute atomic E-state index is 12.8. The first-order chi connectivity index (χ1) is 14.3. The molecule has 0 aromatic heterocycles. The predicted molar refractivity (Wildman–Crippen MR) is 113 cm³/mol. The summed E-state index contributed by atoms with van der Waals surface area (Å²) in [6, 6.07) is 11.2. The van der Waals surface area contributed by atoms with E-state index < -0.39 is 16.4 Å². The lowest BCUT2D eigenvalue weighted by Crippen LogP contribution is -2.17. The van der Waals surface area contributed by atoms with Crippen molar-refractivity contribution in [2.75, 3.05) is 29.7 Å². The van der Waals surface area contributed by atoms with Gasteiger partial charge in [0.1, 0.15) is 11.5 Å². The lowest BCUT2D eigenvalue weighted by atomic mass is 10.0. The quantitative estimate of drug-likeness (QED) is 0.649. The average Bonchev–Trinajstić information content (AvgIpc) is 3.06. The number of sulfone groups is 1. The largest absolute Gasteiger partial charge is 0.497 e. The maximum Gasteiger partial charge on any atom is 0.387 e. The summed E-state index contributed by atoms with van der Waals surface area (Å²) in [4.78, 5) is 12.3. The van der Waals surface area contributed by atoms with Gasteiger partial charge in [-0.05, 0) is 42.3 Å². The number of carbonyl (C=O) groups excluding carboxylic acids is 1. The number of rotatable bonds is 8. The fraction of sp³-hybridized carbons (Fsp3) is 0.350. The van der Waals surface area contributed by atoms with Crippen LogP contribution in [0.3, 0.4) is 0 Å². The molecule has 0 saturated carbocycles. The number of anilines is 1.